The summed E-state index contributed by atoms with van der Waals surface area (Å²) in [6.07, 6.45) is 0.435. The number of aromatic nitrogens is 1. The number of benzene rings is 3. The fourth-order valence-corrected chi connectivity index (χ4v) is 5.26. The molecule has 1 fully saturated rings. The molecule has 6 rings (SSSR count). The van der Waals surface area contributed by atoms with Crippen LogP contribution < -0.4 is 4.90 Å². The third-order valence-corrected chi connectivity index (χ3v) is 6.80. The molecule has 0 radical (unpaired) electrons. The molecule has 2 aliphatic rings. The Bertz CT molecular complexity index is 1460. The van der Waals surface area contributed by atoms with Crippen molar-refractivity contribution in [1.29, 1.82) is 0 Å². The Morgan fingerprint density at radius 3 is 2.43 bits per heavy atom. The Kier molecular flexibility index (Phi) is 4.91. The molecule has 2 atom stereocenters. The second-order valence-corrected chi connectivity index (χ2v) is 8.73. The summed E-state index contributed by atoms with van der Waals surface area (Å²) in [7, 11) is 0. The van der Waals surface area contributed by atoms with Crippen LogP contribution in [0.1, 0.15) is 40.1 Å². The normalized spacial score (nSPS) is 19.1. The summed E-state index contributed by atoms with van der Waals surface area (Å²) in [5.74, 6) is -0.708. The molecule has 4 aromatic rings. The number of rotatable bonds is 4. The lowest BCUT2D eigenvalue weighted by atomic mass is 9.89. The van der Waals surface area contributed by atoms with E-state index in [2.05, 4.69) is 11.1 Å². The Labute approximate surface area is 201 Å². The van der Waals surface area contributed by atoms with Crippen molar-refractivity contribution < 1.29 is 19.1 Å². The monoisotopic (exact) mass is 465 g/mol. The van der Waals surface area contributed by atoms with E-state index in [0.29, 0.717) is 17.7 Å². The standard InChI is InChI=1S/C28H23N3O4/c1-2-35-27(33)18-12-14-19(15-13-18)30-26(32)23-16-21-20-10-6-7-11-22(20)29-24(21)25(31(23)28(30)34)17-8-4-3-5-9-17/h3-15,23,25,29H,2,16H2,1H3. The van der Waals surface area contributed by atoms with E-state index in [4.69, 9.17) is 4.74 Å². The van der Waals surface area contributed by atoms with Crippen LogP contribution >= 0.6 is 0 Å². The molecule has 2 unspecified atom stereocenters. The summed E-state index contributed by atoms with van der Waals surface area (Å²) in [5.41, 5.74) is 4.74. The number of anilines is 1. The first-order chi connectivity index (χ1) is 17.1. The lowest BCUT2D eigenvalue weighted by Crippen LogP contribution is -2.44. The molecule has 7 heteroatoms. The molecule has 0 aliphatic carbocycles. The molecule has 7 nitrogen and oxygen atoms in total. The lowest BCUT2D eigenvalue weighted by molar-refractivity contribution is -0.120. The van der Waals surface area contributed by atoms with Gasteiger partial charge in [0, 0.05) is 23.0 Å². The van der Waals surface area contributed by atoms with Gasteiger partial charge < -0.3 is 9.72 Å². The summed E-state index contributed by atoms with van der Waals surface area (Å²) in [5, 5.41) is 1.07. The maximum atomic E-state index is 13.8. The molecule has 1 N–H and O–H groups in total. The van der Waals surface area contributed by atoms with Crippen LogP contribution in [-0.4, -0.2) is 40.4 Å². The predicted octanol–water partition coefficient (Wildman–Crippen LogP) is 4.83. The number of hydrogen-bond acceptors (Lipinski definition) is 4. The van der Waals surface area contributed by atoms with E-state index in [9.17, 15) is 14.4 Å². The highest BCUT2D eigenvalue weighted by Crippen LogP contribution is 2.44. The van der Waals surface area contributed by atoms with Crippen molar-refractivity contribution in [1.82, 2.24) is 9.88 Å². The fraction of sp³-hybridized carbons (Fsp3) is 0.179. The number of imide groups is 1. The number of para-hydroxylation sites is 1. The molecular weight excluding hydrogens is 442 g/mol. The summed E-state index contributed by atoms with van der Waals surface area (Å²) in [4.78, 5) is 46.0. The van der Waals surface area contributed by atoms with Crippen LogP contribution in [0.2, 0.25) is 0 Å². The van der Waals surface area contributed by atoms with Gasteiger partial charge in [0.05, 0.1) is 17.9 Å². The second-order valence-electron chi connectivity index (χ2n) is 8.73. The number of ether oxygens (including phenoxy) is 1. The number of fused-ring (bicyclic) bond motifs is 4. The smallest absolute Gasteiger partial charge is 0.338 e. The maximum absolute atomic E-state index is 13.8. The number of hydrogen-bond donors (Lipinski definition) is 1. The van der Waals surface area contributed by atoms with Gasteiger partial charge in [-0.15, -0.1) is 0 Å². The molecule has 3 aromatic carbocycles. The van der Waals surface area contributed by atoms with Crippen LogP contribution in [-0.2, 0) is 16.0 Å². The molecule has 1 saturated heterocycles. The van der Waals surface area contributed by atoms with Gasteiger partial charge in [0.15, 0.2) is 0 Å². The molecule has 174 valence electrons. The van der Waals surface area contributed by atoms with Crippen LogP contribution in [0.25, 0.3) is 10.9 Å². The molecule has 3 heterocycles. The van der Waals surface area contributed by atoms with Gasteiger partial charge in [-0.25, -0.2) is 14.5 Å². The van der Waals surface area contributed by atoms with Crippen molar-refractivity contribution >= 4 is 34.5 Å². The molecular formula is C28H23N3O4. The molecule has 0 saturated carbocycles. The van der Waals surface area contributed by atoms with Crippen LogP contribution in [0, 0.1) is 0 Å². The quantitative estimate of drug-likeness (QED) is 0.346. The first-order valence-corrected chi connectivity index (χ1v) is 11.7. The number of amides is 3. The largest absolute Gasteiger partial charge is 0.462 e. The predicted molar refractivity (Wildman–Crippen MR) is 131 cm³/mol. The summed E-state index contributed by atoms with van der Waals surface area (Å²) >= 11 is 0. The summed E-state index contributed by atoms with van der Waals surface area (Å²) in [6.45, 7) is 2.02. The van der Waals surface area contributed by atoms with Crippen molar-refractivity contribution in [3.63, 3.8) is 0 Å². The van der Waals surface area contributed by atoms with E-state index >= 15 is 0 Å². The Morgan fingerprint density at radius 1 is 0.971 bits per heavy atom. The molecule has 3 amide bonds. The van der Waals surface area contributed by atoms with Gasteiger partial charge in [0.25, 0.3) is 5.91 Å². The van der Waals surface area contributed by atoms with E-state index in [1.54, 1.807) is 36.1 Å². The third-order valence-electron chi connectivity index (χ3n) is 6.80. The number of aromatic amines is 1. The van der Waals surface area contributed by atoms with E-state index in [1.807, 2.05) is 48.5 Å². The van der Waals surface area contributed by atoms with Gasteiger partial charge in [-0.3, -0.25) is 9.69 Å². The lowest BCUT2D eigenvalue weighted by Gasteiger charge is -2.36. The minimum absolute atomic E-state index is 0.268. The summed E-state index contributed by atoms with van der Waals surface area (Å²) in [6, 6.07) is 22.8. The Balaban J connectivity index is 1.44. The van der Waals surface area contributed by atoms with Crippen molar-refractivity contribution in [3.05, 3.63) is 101 Å². The van der Waals surface area contributed by atoms with Crippen molar-refractivity contribution in [3.8, 4) is 0 Å². The average Bonchev–Trinajstić information content (AvgIpc) is 3.38. The highest BCUT2D eigenvalue weighted by molar-refractivity contribution is 6.22. The van der Waals surface area contributed by atoms with Crippen LogP contribution in [0.5, 0.6) is 0 Å². The minimum Gasteiger partial charge on any atom is -0.462 e. The first kappa shape index (κ1) is 21.2. The van der Waals surface area contributed by atoms with Crippen molar-refractivity contribution in [2.24, 2.45) is 0 Å². The Morgan fingerprint density at radius 2 is 1.69 bits per heavy atom. The highest BCUT2D eigenvalue weighted by atomic mass is 16.5. The van der Waals surface area contributed by atoms with Crippen molar-refractivity contribution in [2.45, 2.75) is 25.4 Å². The molecule has 2 aliphatic heterocycles. The van der Waals surface area contributed by atoms with Crippen molar-refractivity contribution in [2.75, 3.05) is 11.5 Å². The van der Waals surface area contributed by atoms with Crippen LogP contribution in [0.3, 0.4) is 0 Å². The highest BCUT2D eigenvalue weighted by Gasteiger charge is 2.53. The second kappa shape index (κ2) is 8.13. The number of carbonyl (C=O) groups is 3. The zero-order valence-corrected chi connectivity index (χ0v) is 19.1. The van der Waals surface area contributed by atoms with Gasteiger partial charge in [0.2, 0.25) is 0 Å². The van der Waals surface area contributed by atoms with Crippen LogP contribution in [0.15, 0.2) is 78.9 Å². The zero-order valence-electron chi connectivity index (χ0n) is 19.1. The van der Waals surface area contributed by atoms with Gasteiger partial charge in [0.1, 0.15) is 12.1 Å². The zero-order chi connectivity index (χ0) is 24.1. The number of nitrogens with one attached hydrogen (secondary N) is 1. The van der Waals surface area contributed by atoms with E-state index < -0.39 is 18.1 Å². The number of H-pyrrole nitrogens is 1. The van der Waals surface area contributed by atoms with Gasteiger partial charge >= 0.3 is 12.0 Å². The van der Waals surface area contributed by atoms with E-state index in [-0.39, 0.29) is 18.5 Å². The number of carbonyl (C=O) groups excluding carboxylic acids is 3. The SMILES string of the molecule is CCOC(=O)c1ccc(N2C(=O)C3Cc4c([nH]c5ccccc45)C(c4ccccc4)N3C2=O)cc1. The number of esters is 1. The summed E-state index contributed by atoms with van der Waals surface area (Å²) < 4.78 is 5.04. The minimum atomic E-state index is -0.621. The van der Waals surface area contributed by atoms with Crippen LogP contribution in [0.4, 0.5) is 10.5 Å². The average molecular weight is 466 g/mol. The molecule has 1 aromatic heterocycles. The topological polar surface area (TPSA) is 82.7 Å². The number of urea groups is 1. The molecule has 35 heavy (non-hydrogen) atoms. The number of nitrogens with zero attached hydrogens (tertiary/aromatic N) is 2. The third kappa shape index (κ3) is 3.23. The van der Waals surface area contributed by atoms with Gasteiger partial charge in [-0.2, -0.15) is 0 Å². The van der Waals surface area contributed by atoms with Gasteiger partial charge in [-0.1, -0.05) is 48.5 Å². The van der Waals surface area contributed by atoms with E-state index in [1.165, 1.54) is 4.90 Å². The van der Waals surface area contributed by atoms with Gasteiger partial charge in [-0.05, 0) is 48.4 Å². The fourth-order valence-electron chi connectivity index (χ4n) is 5.26. The molecule has 0 bridgehead atoms. The van der Waals surface area contributed by atoms with E-state index in [0.717, 1.165) is 27.7 Å². The molecule has 0 spiro atoms. The Hall–Kier alpha value is -4.39. The first-order valence-electron chi connectivity index (χ1n) is 11.7. The maximum Gasteiger partial charge on any atom is 0.338 e.